The van der Waals surface area contributed by atoms with Gasteiger partial charge in [0.15, 0.2) is 5.82 Å². The summed E-state index contributed by atoms with van der Waals surface area (Å²) in [6.45, 7) is 8.21. The summed E-state index contributed by atoms with van der Waals surface area (Å²) in [4.78, 5) is 11.7. The molecule has 162 valence electrons. The van der Waals surface area contributed by atoms with Crippen molar-refractivity contribution >= 4 is 11.4 Å². The summed E-state index contributed by atoms with van der Waals surface area (Å²) in [6, 6.07) is 10.2. The number of aliphatic hydroxyl groups excluding tert-OH is 1. The molecule has 1 aliphatic heterocycles. The molecule has 0 saturated carbocycles. The molecule has 2 heterocycles. The molecule has 0 bridgehead atoms. The normalized spacial score (nSPS) is 15.6. The second kappa shape index (κ2) is 10.5. The lowest BCUT2D eigenvalue weighted by atomic mass is 10.1. The van der Waals surface area contributed by atoms with Crippen molar-refractivity contribution in [2.45, 2.75) is 31.9 Å². The minimum absolute atomic E-state index is 0.225. The highest BCUT2D eigenvalue weighted by atomic mass is 16.5. The van der Waals surface area contributed by atoms with Gasteiger partial charge < -0.3 is 24.8 Å². The van der Waals surface area contributed by atoms with Gasteiger partial charge in [-0.15, -0.1) is 0 Å². The number of nitrogens with zero attached hydrogens (tertiary/aromatic N) is 3. The van der Waals surface area contributed by atoms with Crippen molar-refractivity contribution in [2.75, 3.05) is 45.4 Å². The average Bonchev–Trinajstić information content (AvgIpc) is 2.78. The third-order valence-electron chi connectivity index (χ3n) is 5.21. The Kier molecular flexibility index (Phi) is 7.79. The molecule has 1 unspecified atom stereocenters. The van der Waals surface area contributed by atoms with E-state index >= 15 is 0 Å². The maximum atomic E-state index is 9.88. The van der Waals surface area contributed by atoms with E-state index in [4.69, 9.17) is 19.4 Å². The van der Waals surface area contributed by atoms with E-state index in [1.807, 2.05) is 37.3 Å². The van der Waals surface area contributed by atoms with E-state index in [1.165, 1.54) is 0 Å². The largest absolute Gasteiger partial charge is 0.491 e. The fourth-order valence-corrected chi connectivity index (χ4v) is 3.45. The second-order valence-electron chi connectivity index (χ2n) is 7.72. The number of aliphatic hydroxyl groups is 1. The van der Waals surface area contributed by atoms with Crippen LogP contribution in [0.15, 0.2) is 36.9 Å². The predicted octanol–water partition coefficient (Wildman–Crippen LogP) is 2.75. The highest BCUT2D eigenvalue weighted by molar-refractivity contribution is 5.68. The van der Waals surface area contributed by atoms with Crippen molar-refractivity contribution in [2.24, 2.45) is 0 Å². The molecule has 1 aliphatic rings. The Balaban J connectivity index is 1.86. The van der Waals surface area contributed by atoms with Crippen LogP contribution >= 0.6 is 0 Å². The van der Waals surface area contributed by atoms with Crippen LogP contribution in [0.1, 0.15) is 25.6 Å². The van der Waals surface area contributed by atoms with Crippen molar-refractivity contribution in [3.63, 3.8) is 0 Å². The monoisotopic (exact) mass is 412 g/mol. The van der Waals surface area contributed by atoms with Crippen LogP contribution in [-0.4, -0.2) is 67.7 Å². The molecular weight excluding hydrogens is 380 g/mol. The molecule has 1 aromatic carbocycles. The molecule has 0 spiro atoms. The molecular formula is C23H32N4O3. The number of aromatic nitrogens is 2. The van der Waals surface area contributed by atoms with Crippen molar-refractivity contribution < 1.29 is 14.6 Å². The Morgan fingerprint density at radius 3 is 2.80 bits per heavy atom. The van der Waals surface area contributed by atoms with Crippen LogP contribution in [-0.2, 0) is 4.74 Å². The molecule has 7 heteroatoms. The van der Waals surface area contributed by atoms with Gasteiger partial charge in [-0.2, -0.15) is 0 Å². The minimum atomic E-state index is -0.563. The van der Waals surface area contributed by atoms with Crippen LogP contribution < -0.4 is 15.0 Å². The minimum Gasteiger partial charge on any atom is -0.491 e. The molecule has 3 rings (SSSR count). The Bertz CT molecular complexity index is 852. The first-order valence-electron chi connectivity index (χ1n) is 10.4. The van der Waals surface area contributed by atoms with Gasteiger partial charge in [0.25, 0.3) is 0 Å². The lowest BCUT2D eigenvalue weighted by Gasteiger charge is -2.32. The van der Waals surface area contributed by atoms with E-state index in [0.29, 0.717) is 24.2 Å². The fraction of sp³-hybridized carbons (Fsp3) is 0.478. The summed E-state index contributed by atoms with van der Waals surface area (Å²) in [5.74, 6) is 2.20. The van der Waals surface area contributed by atoms with Crippen molar-refractivity contribution in [1.29, 1.82) is 0 Å². The van der Waals surface area contributed by atoms with E-state index in [1.54, 1.807) is 7.05 Å². The standard InChI is InChI=1S/C23H32N4O3/c1-16(2)23-25-21(13-22(26-23)27(4)18-8-10-29-11-9-18)17-6-5-7-20(12-17)30-15-19(28)14-24-3/h5-7,12-13,18-19,24,28H,1,8-11,14-15H2,2-4H3. The van der Waals surface area contributed by atoms with Gasteiger partial charge in [-0.25, -0.2) is 9.97 Å². The SMILES string of the molecule is C=C(C)c1nc(-c2cccc(OCC(O)CNC)c2)cc(N(C)C2CCOCC2)n1. The zero-order valence-corrected chi connectivity index (χ0v) is 18.1. The number of nitrogens with one attached hydrogen (secondary N) is 1. The van der Waals surface area contributed by atoms with Gasteiger partial charge in [-0.3, -0.25) is 0 Å². The first kappa shape index (κ1) is 22.2. The van der Waals surface area contributed by atoms with Gasteiger partial charge >= 0.3 is 0 Å². The van der Waals surface area contributed by atoms with Crippen molar-refractivity contribution in [3.05, 3.63) is 42.7 Å². The van der Waals surface area contributed by atoms with Gasteiger partial charge in [-0.05, 0) is 44.5 Å². The molecule has 0 radical (unpaired) electrons. The first-order valence-corrected chi connectivity index (χ1v) is 10.4. The van der Waals surface area contributed by atoms with Gasteiger partial charge in [0, 0.05) is 44.5 Å². The lowest BCUT2D eigenvalue weighted by Crippen LogP contribution is -2.37. The van der Waals surface area contributed by atoms with E-state index in [9.17, 15) is 5.11 Å². The topological polar surface area (TPSA) is 79.7 Å². The van der Waals surface area contributed by atoms with Gasteiger partial charge in [0.05, 0.1) is 5.69 Å². The predicted molar refractivity (Wildman–Crippen MR) is 120 cm³/mol. The molecule has 30 heavy (non-hydrogen) atoms. The summed E-state index contributed by atoms with van der Waals surface area (Å²) >= 11 is 0. The van der Waals surface area contributed by atoms with Crippen LogP contribution in [0, 0.1) is 0 Å². The summed E-state index contributed by atoms with van der Waals surface area (Å²) < 4.78 is 11.3. The number of allylic oxidation sites excluding steroid dienone is 1. The summed E-state index contributed by atoms with van der Waals surface area (Å²) in [6.07, 6.45) is 1.40. The molecule has 7 nitrogen and oxygen atoms in total. The zero-order valence-electron chi connectivity index (χ0n) is 18.1. The van der Waals surface area contributed by atoms with Crippen LogP contribution in [0.25, 0.3) is 16.8 Å². The third kappa shape index (κ3) is 5.78. The van der Waals surface area contributed by atoms with E-state index < -0.39 is 6.10 Å². The number of benzene rings is 1. The number of hydrogen-bond acceptors (Lipinski definition) is 7. The van der Waals surface area contributed by atoms with E-state index in [0.717, 1.165) is 48.7 Å². The quantitative estimate of drug-likeness (QED) is 0.656. The van der Waals surface area contributed by atoms with Crippen molar-refractivity contribution in [1.82, 2.24) is 15.3 Å². The molecule has 0 aliphatic carbocycles. The summed E-state index contributed by atoms with van der Waals surface area (Å²) in [5.41, 5.74) is 2.57. The smallest absolute Gasteiger partial charge is 0.157 e. The maximum absolute atomic E-state index is 9.88. The van der Waals surface area contributed by atoms with Crippen LogP contribution in [0.5, 0.6) is 5.75 Å². The number of anilines is 1. The molecule has 1 saturated heterocycles. The Morgan fingerprint density at radius 2 is 2.10 bits per heavy atom. The van der Waals surface area contributed by atoms with Gasteiger partial charge in [0.1, 0.15) is 24.3 Å². The molecule has 1 fully saturated rings. The molecule has 1 atom stereocenters. The maximum Gasteiger partial charge on any atom is 0.157 e. The van der Waals surface area contributed by atoms with Gasteiger partial charge in [0.2, 0.25) is 0 Å². The Morgan fingerprint density at radius 1 is 1.33 bits per heavy atom. The molecule has 2 N–H and O–H groups in total. The second-order valence-corrected chi connectivity index (χ2v) is 7.72. The molecule has 1 aromatic heterocycles. The zero-order chi connectivity index (χ0) is 21.5. The number of rotatable bonds is 9. The first-order chi connectivity index (χ1) is 14.5. The Hall–Kier alpha value is -2.48. The lowest BCUT2D eigenvalue weighted by molar-refractivity contribution is 0.0853. The molecule has 0 amide bonds. The van der Waals surface area contributed by atoms with Crippen LogP contribution in [0.2, 0.25) is 0 Å². The highest BCUT2D eigenvalue weighted by Crippen LogP contribution is 2.28. The number of hydrogen-bond donors (Lipinski definition) is 2. The summed E-state index contributed by atoms with van der Waals surface area (Å²) in [5, 5.41) is 12.8. The highest BCUT2D eigenvalue weighted by Gasteiger charge is 2.21. The average molecular weight is 413 g/mol. The van der Waals surface area contributed by atoms with E-state index in [-0.39, 0.29) is 6.61 Å². The summed E-state index contributed by atoms with van der Waals surface area (Å²) in [7, 11) is 3.88. The van der Waals surface area contributed by atoms with Crippen LogP contribution in [0.3, 0.4) is 0 Å². The number of ether oxygens (including phenoxy) is 2. The van der Waals surface area contributed by atoms with Crippen molar-refractivity contribution in [3.8, 4) is 17.0 Å². The van der Waals surface area contributed by atoms with E-state index in [2.05, 4.69) is 23.8 Å². The third-order valence-corrected chi connectivity index (χ3v) is 5.21. The van der Waals surface area contributed by atoms with Gasteiger partial charge in [-0.1, -0.05) is 18.7 Å². The molecule has 2 aromatic rings. The van der Waals surface area contributed by atoms with Crippen LogP contribution in [0.4, 0.5) is 5.82 Å². The number of likely N-dealkylation sites (N-methyl/N-ethyl adjacent to an activating group) is 1. The Labute approximate surface area is 178 Å². The fourth-order valence-electron chi connectivity index (χ4n) is 3.45.